The molecule has 0 radical (unpaired) electrons. The molecule has 5 nitrogen and oxygen atoms in total. The Morgan fingerprint density at radius 2 is 1.79 bits per heavy atom. The van der Waals surface area contributed by atoms with Crippen molar-refractivity contribution in [2.45, 2.75) is 53.4 Å². The number of aryl methyl sites for hydroxylation is 2. The number of aliphatic hydroxyl groups is 1. The maximum atomic E-state index is 8.89. The molecule has 5 heteroatoms. The molecule has 0 aliphatic rings. The number of rotatable bonds is 8. The third-order valence-electron chi connectivity index (χ3n) is 3.25. The molecule has 0 unspecified atom stereocenters. The molecule has 2 N–H and O–H groups in total. The van der Waals surface area contributed by atoms with Crippen molar-refractivity contribution >= 4 is 5.95 Å². The van der Waals surface area contributed by atoms with Gasteiger partial charge in [0.25, 0.3) is 0 Å². The van der Waals surface area contributed by atoms with E-state index in [1.807, 2.05) is 0 Å². The molecule has 0 saturated heterocycles. The Kier molecular flexibility index (Phi) is 6.15. The Balaban J connectivity index is 2.62. The van der Waals surface area contributed by atoms with Crippen molar-refractivity contribution in [1.82, 2.24) is 15.2 Å². The van der Waals surface area contributed by atoms with E-state index < -0.39 is 0 Å². The number of hydrogen-bond acceptors (Lipinski definition) is 5. The molecule has 1 aromatic rings. The fraction of sp³-hybridized carbons (Fsp3) is 0.786. The van der Waals surface area contributed by atoms with E-state index in [0.717, 1.165) is 43.6 Å². The predicted octanol–water partition coefficient (Wildman–Crippen LogP) is 2.21. The summed E-state index contributed by atoms with van der Waals surface area (Å²) >= 11 is 0. The van der Waals surface area contributed by atoms with E-state index in [-0.39, 0.29) is 12.0 Å². The van der Waals surface area contributed by atoms with Gasteiger partial charge in [-0.05, 0) is 31.1 Å². The summed E-state index contributed by atoms with van der Waals surface area (Å²) in [5.74, 6) is 0.603. The SMILES string of the molecule is CCc1nnc(NCC(C)(C)CCCO)nc1CC. The van der Waals surface area contributed by atoms with Gasteiger partial charge in [-0.3, -0.25) is 0 Å². The molecule has 19 heavy (non-hydrogen) atoms. The maximum Gasteiger partial charge on any atom is 0.242 e. The van der Waals surface area contributed by atoms with Crippen LogP contribution in [0.3, 0.4) is 0 Å². The lowest BCUT2D eigenvalue weighted by Crippen LogP contribution is -2.24. The summed E-state index contributed by atoms with van der Waals surface area (Å²) in [7, 11) is 0. The topological polar surface area (TPSA) is 70.9 Å². The van der Waals surface area contributed by atoms with Crippen molar-refractivity contribution in [3.05, 3.63) is 11.4 Å². The van der Waals surface area contributed by atoms with Gasteiger partial charge >= 0.3 is 0 Å². The van der Waals surface area contributed by atoms with E-state index in [4.69, 9.17) is 5.11 Å². The number of anilines is 1. The van der Waals surface area contributed by atoms with Crippen LogP contribution < -0.4 is 5.32 Å². The summed E-state index contributed by atoms with van der Waals surface area (Å²) in [6.45, 7) is 9.51. The number of aromatic nitrogens is 3. The van der Waals surface area contributed by atoms with Crippen molar-refractivity contribution in [1.29, 1.82) is 0 Å². The van der Waals surface area contributed by atoms with Gasteiger partial charge in [0.15, 0.2) is 0 Å². The molecule has 0 fully saturated rings. The zero-order valence-electron chi connectivity index (χ0n) is 12.5. The quantitative estimate of drug-likeness (QED) is 0.755. The summed E-state index contributed by atoms with van der Waals surface area (Å²) < 4.78 is 0. The van der Waals surface area contributed by atoms with Crippen LogP contribution in [0.15, 0.2) is 0 Å². The van der Waals surface area contributed by atoms with Gasteiger partial charge in [-0.2, -0.15) is 5.10 Å². The first kappa shape index (κ1) is 15.8. The normalized spacial score (nSPS) is 11.6. The number of aliphatic hydroxyl groups excluding tert-OH is 1. The van der Waals surface area contributed by atoms with Gasteiger partial charge in [-0.15, -0.1) is 5.10 Å². The largest absolute Gasteiger partial charge is 0.396 e. The molecule has 108 valence electrons. The molecule has 0 aliphatic carbocycles. The lowest BCUT2D eigenvalue weighted by atomic mass is 9.88. The van der Waals surface area contributed by atoms with Crippen molar-refractivity contribution in [3.63, 3.8) is 0 Å². The number of hydrogen-bond donors (Lipinski definition) is 2. The summed E-state index contributed by atoms with van der Waals surface area (Å²) in [6, 6.07) is 0. The molecule has 0 spiro atoms. The molecule has 1 rings (SSSR count). The van der Waals surface area contributed by atoms with Crippen LogP contribution in [0.4, 0.5) is 5.95 Å². The van der Waals surface area contributed by atoms with Crippen LogP contribution >= 0.6 is 0 Å². The average Bonchev–Trinajstić information content (AvgIpc) is 2.42. The minimum atomic E-state index is 0.113. The van der Waals surface area contributed by atoms with Crippen LogP contribution in [0, 0.1) is 5.41 Å². The van der Waals surface area contributed by atoms with Crippen molar-refractivity contribution in [2.24, 2.45) is 5.41 Å². The highest BCUT2D eigenvalue weighted by Gasteiger charge is 2.17. The molecule has 0 amide bonds. The summed E-state index contributed by atoms with van der Waals surface area (Å²) in [4.78, 5) is 4.51. The van der Waals surface area contributed by atoms with Gasteiger partial charge in [0.05, 0.1) is 11.4 Å². The van der Waals surface area contributed by atoms with Crippen LogP contribution in [-0.2, 0) is 12.8 Å². The van der Waals surface area contributed by atoms with Gasteiger partial charge in [-0.25, -0.2) is 4.98 Å². The second-order valence-corrected chi connectivity index (χ2v) is 5.58. The summed E-state index contributed by atoms with van der Waals surface area (Å²) in [6.07, 6.45) is 3.53. The standard InChI is InChI=1S/C14H26N4O/c1-5-11-12(6-2)17-18-13(16-11)15-10-14(3,4)8-7-9-19/h19H,5-10H2,1-4H3,(H,15,16,18). The Bertz CT molecular complexity index is 393. The maximum absolute atomic E-state index is 8.89. The van der Waals surface area contributed by atoms with E-state index >= 15 is 0 Å². The first-order chi connectivity index (χ1) is 9.02. The van der Waals surface area contributed by atoms with Gasteiger partial charge in [0.2, 0.25) is 5.95 Å². The molecule has 0 aromatic carbocycles. The van der Waals surface area contributed by atoms with E-state index in [9.17, 15) is 0 Å². The monoisotopic (exact) mass is 266 g/mol. The molecule has 1 aromatic heterocycles. The van der Waals surface area contributed by atoms with Crippen LogP contribution in [0.5, 0.6) is 0 Å². The molecule has 1 heterocycles. The zero-order chi connectivity index (χ0) is 14.3. The Morgan fingerprint density at radius 1 is 1.11 bits per heavy atom. The van der Waals surface area contributed by atoms with Crippen molar-refractivity contribution in [2.75, 3.05) is 18.5 Å². The van der Waals surface area contributed by atoms with E-state index in [1.165, 1.54) is 0 Å². The van der Waals surface area contributed by atoms with Gasteiger partial charge in [-0.1, -0.05) is 27.7 Å². The molecular formula is C14H26N4O. The highest BCUT2D eigenvalue weighted by Crippen LogP contribution is 2.22. The predicted molar refractivity (Wildman–Crippen MR) is 77.2 cm³/mol. The zero-order valence-corrected chi connectivity index (χ0v) is 12.5. The van der Waals surface area contributed by atoms with E-state index in [0.29, 0.717) is 5.95 Å². The first-order valence-corrected chi connectivity index (χ1v) is 7.09. The number of nitrogens with one attached hydrogen (secondary N) is 1. The highest BCUT2D eigenvalue weighted by atomic mass is 16.2. The van der Waals surface area contributed by atoms with Gasteiger partial charge in [0, 0.05) is 13.2 Å². The second-order valence-electron chi connectivity index (χ2n) is 5.58. The third-order valence-corrected chi connectivity index (χ3v) is 3.25. The van der Waals surface area contributed by atoms with Crippen molar-refractivity contribution in [3.8, 4) is 0 Å². The third kappa shape index (κ3) is 5.11. The van der Waals surface area contributed by atoms with E-state index in [2.05, 4.69) is 48.2 Å². The van der Waals surface area contributed by atoms with Crippen LogP contribution in [0.1, 0.15) is 51.9 Å². The van der Waals surface area contributed by atoms with Crippen molar-refractivity contribution < 1.29 is 5.11 Å². The van der Waals surface area contributed by atoms with Crippen LogP contribution in [-0.4, -0.2) is 33.4 Å². The molecule has 0 atom stereocenters. The average molecular weight is 266 g/mol. The highest BCUT2D eigenvalue weighted by molar-refractivity contribution is 5.26. The minimum absolute atomic E-state index is 0.113. The fourth-order valence-electron chi connectivity index (χ4n) is 1.98. The summed E-state index contributed by atoms with van der Waals surface area (Å²) in [5.41, 5.74) is 2.11. The lowest BCUT2D eigenvalue weighted by molar-refractivity contribution is 0.247. The Hall–Kier alpha value is -1.23. The van der Waals surface area contributed by atoms with Crippen LogP contribution in [0.2, 0.25) is 0 Å². The fourth-order valence-corrected chi connectivity index (χ4v) is 1.98. The van der Waals surface area contributed by atoms with Gasteiger partial charge in [0.1, 0.15) is 0 Å². The van der Waals surface area contributed by atoms with Crippen LogP contribution in [0.25, 0.3) is 0 Å². The Labute approximate surface area is 115 Å². The molecular weight excluding hydrogens is 240 g/mol. The van der Waals surface area contributed by atoms with Gasteiger partial charge < -0.3 is 10.4 Å². The molecule has 0 bridgehead atoms. The first-order valence-electron chi connectivity index (χ1n) is 7.09. The summed E-state index contributed by atoms with van der Waals surface area (Å²) in [5, 5.41) is 20.5. The Morgan fingerprint density at radius 3 is 2.37 bits per heavy atom. The molecule has 0 saturated carbocycles. The molecule has 0 aliphatic heterocycles. The lowest BCUT2D eigenvalue weighted by Gasteiger charge is -2.24. The minimum Gasteiger partial charge on any atom is -0.396 e. The smallest absolute Gasteiger partial charge is 0.242 e. The van der Waals surface area contributed by atoms with E-state index in [1.54, 1.807) is 0 Å². The number of nitrogens with zero attached hydrogens (tertiary/aromatic N) is 3. The second kappa shape index (κ2) is 7.38.